The molecule has 2 heteroatoms. The van der Waals surface area contributed by atoms with Crippen molar-refractivity contribution in [3.63, 3.8) is 0 Å². The van der Waals surface area contributed by atoms with Gasteiger partial charge in [0, 0.05) is 6.61 Å². The maximum atomic E-state index is 6.20. The molecule has 0 aliphatic carbocycles. The highest BCUT2D eigenvalue weighted by Gasteiger charge is 2.36. The number of hydrogen-bond acceptors (Lipinski definition) is 1. The molecule has 0 spiro atoms. The van der Waals surface area contributed by atoms with Gasteiger partial charge >= 0.3 is 0 Å². The molecule has 0 amide bonds. The Morgan fingerprint density at radius 1 is 1.22 bits per heavy atom. The molecule has 0 unspecified atom stereocenters. The Kier molecular flexibility index (Phi) is 4.94. The van der Waals surface area contributed by atoms with Crippen molar-refractivity contribution in [2.45, 2.75) is 45.3 Å². The van der Waals surface area contributed by atoms with Gasteiger partial charge in [0.2, 0.25) is 0 Å². The normalized spacial score (nSPS) is 12.5. The van der Waals surface area contributed by atoms with E-state index >= 15 is 0 Å². The van der Waals surface area contributed by atoms with Crippen LogP contribution in [0, 0.1) is 0 Å². The molecule has 1 aromatic rings. The molecule has 0 aliphatic rings. The second kappa shape index (κ2) is 5.85. The number of benzene rings is 1. The minimum absolute atomic E-state index is 0.283. The third kappa shape index (κ3) is 3.82. The highest BCUT2D eigenvalue weighted by Crippen LogP contribution is 2.36. The molecule has 1 nitrogen and oxygen atoms in total. The van der Waals surface area contributed by atoms with Crippen molar-refractivity contribution in [1.82, 2.24) is 0 Å². The Morgan fingerprint density at radius 3 is 2.39 bits per heavy atom. The average Bonchev–Trinajstić information content (AvgIpc) is 2.28. The molecule has 1 rings (SSSR count). The summed E-state index contributed by atoms with van der Waals surface area (Å²) >= 11 is 0. The average molecular weight is 262 g/mol. The van der Waals surface area contributed by atoms with E-state index in [0.717, 1.165) is 13.0 Å². The van der Waals surface area contributed by atoms with E-state index in [1.54, 1.807) is 0 Å². The van der Waals surface area contributed by atoms with E-state index in [4.69, 9.17) is 4.43 Å². The predicted octanol–water partition coefficient (Wildman–Crippen LogP) is 4.89. The molecule has 18 heavy (non-hydrogen) atoms. The summed E-state index contributed by atoms with van der Waals surface area (Å²) < 4.78 is 6.20. The molecule has 1 aromatic carbocycles. The van der Waals surface area contributed by atoms with Crippen LogP contribution in [0.1, 0.15) is 31.9 Å². The van der Waals surface area contributed by atoms with E-state index in [1.165, 1.54) is 11.1 Å². The first kappa shape index (κ1) is 15.2. The molecule has 0 radical (unpaired) electrons. The van der Waals surface area contributed by atoms with Crippen LogP contribution in [0.15, 0.2) is 30.8 Å². The lowest BCUT2D eigenvalue weighted by atomic mass is 10.1. The van der Waals surface area contributed by atoms with Crippen molar-refractivity contribution in [3.05, 3.63) is 42.0 Å². The van der Waals surface area contributed by atoms with Gasteiger partial charge in [-0.25, -0.2) is 0 Å². The van der Waals surface area contributed by atoms with Gasteiger partial charge in [0.15, 0.2) is 8.32 Å². The fraction of sp³-hybridized carbons (Fsp3) is 0.500. The quantitative estimate of drug-likeness (QED) is 0.686. The van der Waals surface area contributed by atoms with Crippen LogP contribution in [0.3, 0.4) is 0 Å². The minimum Gasteiger partial charge on any atom is -0.416 e. The Morgan fingerprint density at radius 2 is 1.83 bits per heavy atom. The molecule has 0 aromatic heterocycles. The molecule has 0 fully saturated rings. The maximum absolute atomic E-state index is 6.20. The van der Waals surface area contributed by atoms with Gasteiger partial charge in [-0.15, -0.1) is 0 Å². The van der Waals surface area contributed by atoms with Crippen LogP contribution in [0.5, 0.6) is 0 Å². The molecule has 100 valence electrons. The summed E-state index contributed by atoms with van der Waals surface area (Å²) in [5.41, 5.74) is 2.54. The first-order valence-corrected chi connectivity index (χ1v) is 9.53. The van der Waals surface area contributed by atoms with Gasteiger partial charge in [0.1, 0.15) is 0 Å². The van der Waals surface area contributed by atoms with Gasteiger partial charge in [-0.1, -0.05) is 57.7 Å². The molecule has 0 aliphatic heterocycles. The van der Waals surface area contributed by atoms with E-state index in [0.29, 0.717) is 0 Å². The van der Waals surface area contributed by atoms with Crippen molar-refractivity contribution >= 4 is 14.4 Å². The van der Waals surface area contributed by atoms with E-state index < -0.39 is 8.32 Å². The molecule has 0 N–H and O–H groups in total. The first-order chi connectivity index (χ1) is 8.28. The monoisotopic (exact) mass is 262 g/mol. The standard InChI is InChI=1S/C16H26OSi/c1-7-14-10-8-9-11-15(14)12-13-17-18(5,6)16(2,3)4/h7-11H,1,12-13H2,2-6H3. The summed E-state index contributed by atoms with van der Waals surface area (Å²) in [5, 5.41) is 0.283. The van der Waals surface area contributed by atoms with Crippen molar-refractivity contribution in [1.29, 1.82) is 0 Å². The van der Waals surface area contributed by atoms with Crippen LogP contribution < -0.4 is 0 Å². The molecular weight excluding hydrogens is 236 g/mol. The Labute approximate surface area is 113 Å². The van der Waals surface area contributed by atoms with Crippen LogP contribution in [0.25, 0.3) is 6.08 Å². The summed E-state index contributed by atoms with van der Waals surface area (Å²) in [6, 6.07) is 8.39. The Balaban J connectivity index is 2.59. The van der Waals surface area contributed by atoms with E-state index in [2.05, 4.69) is 64.7 Å². The van der Waals surface area contributed by atoms with Gasteiger partial charge in [-0.2, -0.15) is 0 Å². The van der Waals surface area contributed by atoms with Crippen LogP contribution in [-0.4, -0.2) is 14.9 Å². The predicted molar refractivity (Wildman–Crippen MR) is 83.4 cm³/mol. The van der Waals surface area contributed by atoms with Crippen LogP contribution in [0.2, 0.25) is 18.1 Å². The summed E-state index contributed by atoms with van der Waals surface area (Å²) in [6.45, 7) is 16.1. The zero-order valence-electron chi connectivity index (χ0n) is 12.4. The molecule has 0 bridgehead atoms. The summed E-state index contributed by atoms with van der Waals surface area (Å²) in [6.07, 6.45) is 2.89. The number of hydrogen-bond donors (Lipinski definition) is 0. The smallest absolute Gasteiger partial charge is 0.191 e. The van der Waals surface area contributed by atoms with Gasteiger partial charge in [-0.3, -0.25) is 0 Å². The maximum Gasteiger partial charge on any atom is 0.191 e. The Hall–Kier alpha value is -0.863. The van der Waals surface area contributed by atoms with Gasteiger partial charge in [0.25, 0.3) is 0 Å². The van der Waals surface area contributed by atoms with Crippen molar-refractivity contribution in [2.75, 3.05) is 6.61 Å². The fourth-order valence-corrected chi connectivity index (χ4v) is 2.64. The zero-order valence-corrected chi connectivity index (χ0v) is 13.4. The van der Waals surface area contributed by atoms with Gasteiger partial charge in [0.05, 0.1) is 0 Å². The fourth-order valence-electron chi connectivity index (χ4n) is 1.59. The first-order valence-electron chi connectivity index (χ1n) is 6.62. The van der Waals surface area contributed by atoms with Crippen molar-refractivity contribution in [3.8, 4) is 0 Å². The SMILES string of the molecule is C=Cc1ccccc1CCO[Si](C)(C)C(C)(C)C. The Bertz CT molecular complexity index is 402. The highest BCUT2D eigenvalue weighted by atomic mass is 28.4. The second-order valence-electron chi connectivity index (χ2n) is 6.26. The summed E-state index contributed by atoms with van der Waals surface area (Å²) in [5.74, 6) is 0. The van der Waals surface area contributed by atoms with Crippen LogP contribution >= 0.6 is 0 Å². The van der Waals surface area contributed by atoms with Crippen molar-refractivity contribution in [2.24, 2.45) is 0 Å². The summed E-state index contributed by atoms with van der Waals surface area (Å²) in [4.78, 5) is 0. The summed E-state index contributed by atoms with van der Waals surface area (Å²) in [7, 11) is -1.61. The third-order valence-electron chi connectivity index (χ3n) is 3.92. The molecule has 0 heterocycles. The topological polar surface area (TPSA) is 9.23 Å². The lowest BCUT2D eigenvalue weighted by molar-refractivity contribution is 0.292. The molecule has 0 saturated heterocycles. The lowest BCUT2D eigenvalue weighted by Gasteiger charge is -2.36. The van der Waals surface area contributed by atoms with Gasteiger partial charge in [-0.05, 0) is 35.7 Å². The van der Waals surface area contributed by atoms with Crippen LogP contribution in [0.4, 0.5) is 0 Å². The van der Waals surface area contributed by atoms with E-state index in [-0.39, 0.29) is 5.04 Å². The van der Waals surface area contributed by atoms with E-state index in [1.807, 2.05) is 6.08 Å². The number of rotatable bonds is 5. The molecule has 0 saturated carbocycles. The van der Waals surface area contributed by atoms with E-state index in [9.17, 15) is 0 Å². The van der Waals surface area contributed by atoms with Crippen LogP contribution in [-0.2, 0) is 10.8 Å². The minimum atomic E-state index is -1.61. The zero-order chi connectivity index (χ0) is 13.8. The largest absolute Gasteiger partial charge is 0.416 e. The third-order valence-corrected chi connectivity index (χ3v) is 8.45. The highest BCUT2D eigenvalue weighted by molar-refractivity contribution is 6.74. The molecule has 0 atom stereocenters. The molecular formula is C16H26OSi. The van der Waals surface area contributed by atoms with Crippen molar-refractivity contribution < 1.29 is 4.43 Å². The lowest BCUT2D eigenvalue weighted by Crippen LogP contribution is -2.41. The van der Waals surface area contributed by atoms with Gasteiger partial charge < -0.3 is 4.43 Å². The second-order valence-corrected chi connectivity index (χ2v) is 11.1.